The van der Waals surface area contributed by atoms with E-state index < -0.39 is 0 Å². The van der Waals surface area contributed by atoms with Crippen molar-refractivity contribution in [2.75, 3.05) is 26.8 Å². The minimum Gasteiger partial charge on any atom is -0.493 e. The van der Waals surface area contributed by atoms with E-state index in [0.29, 0.717) is 12.5 Å². The molecule has 0 radical (unpaired) electrons. The fourth-order valence-corrected chi connectivity index (χ4v) is 4.54. The van der Waals surface area contributed by atoms with Crippen molar-refractivity contribution < 1.29 is 9.47 Å². The molecule has 0 N–H and O–H groups in total. The summed E-state index contributed by atoms with van der Waals surface area (Å²) in [6, 6.07) is 7.95. The van der Waals surface area contributed by atoms with Gasteiger partial charge in [0.15, 0.2) is 11.5 Å². The first kappa shape index (κ1) is 19.0. The van der Waals surface area contributed by atoms with Crippen molar-refractivity contribution in [3.8, 4) is 11.5 Å². The second-order valence-corrected chi connectivity index (χ2v) is 7.68. The molecule has 2 aromatic rings. The van der Waals surface area contributed by atoms with Crippen LogP contribution in [0.25, 0.3) is 0 Å². The molecule has 0 amide bonds. The van der Waals surface area contributed by atoms with Crippen molar-refractivity contribution in [3.05, 3.63) is 51.7 Å². The third-order valence-corrected chi connectivity index (χ3v) is 5.77. The van der Waals surface area contributed by atoms with E-state index in [1.54, 1.807) is 13.2 Å². The van der Waals surface area contributed by atoms with Crippen LogP contribution < -0.4 is 15.0 Å². The molecule has 1 unspecified atom stereocenters. The summed E-state index contributed by atoms with van der Waals surface area (Å²) in [6.07, 6.45) is 4.29. The van der Waals surface area contributed by atoms with E-state index in [4.69, 9.17) is 9.47 Å². The summed E-state index contributed by atoms with van der Waals surface area (Å²) in [5.41, 5.74) is 2.32. The van der Waals surface area contributed by atoms with E-state index in [9.17, 15) is 4.79 Å². The molecule has 150 valence electrons. The third-order valence-electron chi connectivity index (χ3n) is 5.77. The third kappa shape index (κ3) is 3.92. The standard InChI is InChI=1S/C22H29N3O3/c1-3-28-20-12-16(8-9-19(20)27-2)14-24-10-4-6-17(15-24)18-13-22(26)23-21-7-5-11-25(18)21/h8-9,12-13,17H,3-7,10-11,14-15H2,1-2H3. The van der Waals surface area contributed by atoms with Crippen LogP contribution in [0, 0.1) is 0 Å². The van der Waals surface area contributed by atoms with Crippen LogP contribution in [0.1, 0.15) is 49.2 Å². The highest BCUT2D eigenvalue weighted by Gasteiger charge is 2.26. The lowest BCUT2D eigenvalue weighted by Gasteiger charge is -2.34. The van der Waals surface area contributed by atoms with Gasteiger partial charge >= 0.3 is 0 Å². The van der Waals surface area contributed by atoms with Gasteiger partial charge in [0.2, 0.25) is 0 Å². The molecule has 6 nitrogen and oxygen atoms in total. The topological polar surface area (TPSA) is 56.6 Å². The Hall–Kier alpha value is -2.34. The summed E-state index contributed by atoms with van der Waals surface area (Å²) in [4.78, 5) is 18.8. The second-order valence-electron chi connectivity index (χ2n) is 7.68. The molecule has 0 bridgehead atoms. The SMILES string of the molecule is CCOc1cc(CN2CCCC(c3cc(=O)nc4n3CCC4)C2)ccc1OC. The number of nitrogens with zero attached hydrogens (tertiary/aromatic N) is 3. The van der Waals surface area contributed by atoms with E-state index in [1.165, 1.54) is 11.3 Å². The molecule has 2 aliphatic rings. The highest BCUT2D eigenvalue weighted by molar-refractivity contribution is 5.43. The quantitative estimate of drug-likeness (QED) is 0.768. The molecule has 6 heteroatoms. The van der Waals surface area contributed by atoms with Gasteiger partial charge in [0.1, 0.15) is 5.82 Å². The molecule has 1 atom stereocenters. The molecule has 28 heavy (non-hydrogen) atoms. The minimum atomic E-state index is -0.0863. The van der Waals surface area contributed by atoms with Crippen LogP contribution in [0.2, 0.25) is 0 Å². The molecule has 1 saturated heterocycles. The monoisotopic (exact) mass is 383 g/mol. The maximum atomic E-state index is 12.1. The van der Waals surface area contributed by atoms with Crippen molar-refractivity contribution in [1.29, 1.82) is 0 Å². The van der Waals surface area contributed by atoms with E-state index >= 15 is 0 Å². The number of likely N-dealkylation sites (tertiary alicyclic amines) is 1. The lowest BCUT2D eigenvalue weighted by molar-refractivity contribution is 0.196. The largest absolute Gasteiger partial charge is 0.493 e. The van der Waals surface area contributed by atoms with Crippen molar-refractivity contribution in [2.45, 2.75) is 51.6 Å². The Bertz CT molecular complexity index is 893. The average Bonchev–Trinajstić information content (AvgIpc) is 3.16. The van der Waals surface area contributed by atoms with E-state index in [0.717, 1.165) is 69.2 Å². The number of benzene rings is 1. The highest BCUT2D eigenvalue weighted by atomic mass is 16.5. The van der Waals surface area contributed by atoms with Gasteiger partial charge in [-0.1, -0.05) is 6.07 Å². The van der Waals surface area contributed by atoms with Gasteiger partial charge in [-0.05, 0) is 50.4 Å². The molecule has 0 saturated carbocycles. The normalized spacial score (nSPS) is 19.4. The predicted molar refractivity (Wildman–Crippen MR) is 108 cm³/mol. The number of piperidine rings is 1. The summed E-state index contributed by atoms with van der Waals surface area (Å²) >= 11 is 0. The van der Waals surface area contributed by atoms with Gasteiger partial charge in [-0.15, -0.1) is 0 Å². The maximum Gasteiger partial charge on any atom is 0.273 e. The summed E-state index contributed by atoms with van der Waals surface area (Å²) in [5, 5.41) is 0. The van der Waals surface area contributed by atoms with Crippen molar-refractivity contribution >= 4 is 0 Å². The predicted octanol–water partition coefficient (Wildman–Crippen LogP) is 2.98. The molecule has 1 fully saturated rings. The van der Waals surface area contributed by atoms with Gasteiger partial charge in [0, 0.05) is 43.7 Å². The number of hydrogen-bond donors (Lipinski definition) is 0. The molecule has 0 aliphatic carbocycles. The van der Waals surface area contributed by atoms with Crippen molar-refractivity contribution in [2.24, 2.45) is 0 Å². The number of hydrogen-bond acceptors (Lipinski definition) is 5. The van der Waals surface area contributed by atoms with Crippen LogP contribution in [0.5, 0.6) is 11.5 Å². The van der Waals surface area contributed by atoms with E-state index in [1.807, 2.05) is 13.0 Å². The zero-order chi connectivity index (χ0) is 19.5. The Kier molecular flexibility index (Phi) is 5.67. The van der Waals surface area contributed by atoms with Crippen LogP contribution in [0.15, 0.2) is 29.1 Å². The van der Waals surface area contributed by atoms with E-state index in [-0.39, 0.29) is 5.56 Å². The Labute approximate surface area is 166 Å². The molecule has 3 heterocycles. The average molecular weight is 383 g/mol. The first-order chi connectivity index (χ1) is 13.7. The number of fused-ring (bicyclic) bond motifs is 1. The molecule has 2 aliphatic heterocycles. The first-order valence-electron chi connectivity index (χ1n) is 10.3. The Balaban J connectivity index is 1.51. The Morgan fingerprint density at radius 1 is 1.18 bits per heavy atom. The van der Waals surface area contributed by atoms with Crippen molar-refractivity contribution in [3.63, 3.8) is 0 Å². The second kappa shape index (κ2) is 8.35. The number of ether oxygens (including phenoxy) is 2. The number of methoxy groups -OCH3 is 1. The number of aryl methyl sites for hydroxylation is 1. The molecule has 4 rings (SSSR count). The van der Waals surface area contributed by atoms with Gasteiger partial charge in [-0.2, -0.15) is 4.98 Å². The summed E-state index contributed by atoms with van der Waals surface area (Å²) in [6.45, 7) is 6.52. The van der Waals surface area contributed by atoms with Crippen LogP contribution in [0.3, 0.4) is 0 Å². The minimum absolute atomic E-state index is 0.0863. The molecular formula is C22H29N3O3. The van der Waals surface area contributed by atoms with E-state index in [2.05, 4.69) is 26.6 Å². The fourth-order valence-electron chi connectivity index (χ4n) is 4.54. The van der Waals surface area contributed by atoms with Crippen LogP contribution in [-0.2, 0) is 19.5 Å². The van der Waals surface area contributed by atoms with Crippen LogP contribution >= 0.6 is 0 Å². The summed E-state index contributed by atoms with van der Waals surface area (Å²) in [7, 11) is 1.67. The number of aromatic nitrogens is 2. The van der Waals surface area contributed by atoms with Gasteiger partial charge in [0.05, 0.1) is 13.7 Å². The van der Waals surface area contributed by atoms with Gasteiger partial charge in [-0.25, -0.2) is 0 Å². The molecule has 1 aromatic heterocycles. The zero-order valence-electron chi connectivity index (χ0n) is 16.8. The zero-order valence-corrected chi connectivity index (χ0v) is 16.8. The fraction of sp³-hybridized carbons (Fsp3) is 0.545. The highest BCUT2D eigenvalue weighted by Crippen LogP contribution is 2.31. The van der Waals surface area contributed by atoms with Gasteiger partial charge < -0.3 is 14.0 Å². The van der Waals surface area contributed by atoms with Gasteiger partial charge in [0.25, 0.3) is 5.56 Å². The lowest BCUT2D eigenvalue weighted by Crippen LogP contribution is -2.35. The van der Waals surface area contributed by atoms with Crippen molar-refractivity contribution in [1.82, 2.24) is 14.5 Å². The maximum absolute atomic E-state index is 12.1. The smallest absolute Gasteiger partial charge is 0.273 e. The van der Waals surface area contributed by atoms with Gasteiger partial charge in [-0.3, -0.25) is 9.69 Å². The van der Waals surface area contributed by atoms with Crippen LogP contribution in [0.4, 0.5) is 0 Å². The molecular weight excluding hydrogens is 354 g/mol. The Morgan fingerprint density at radius 2 is 2.07 bits per heavy atom. The summed E-state index contributed by atoms with van der Waals surface area (Å²) < 4.78 is 13.4. The Morgan fingerprint density at radius 3 is 2.89 bits per heavy atom. The lowest BCUT2D eigenvalue weighted by atomic mass is 9.93. The number of rotatable bonds is 6. The van der Waals surface area contributed by atoms with Crippen LogP contribution in [-0.4, -0.2) is 41.3 Å². The summed E-state index contributed by atoms with van der Waals surface area (Å²) in [5.74, 6) is 2.94. The molecule has 0 spiro atoms. The molecule has 1 aromatic carbocycles. The first-order valence-corrected chi connectivity index (χ1v) is 10.3.